The lowest BCUT2D eigenvalue weighted by Gasteiger charge is -2.36. The highest BCUT2D eigenvalue weighted by Crippen LogP contribution is 2.28. The summed E-state index contributed by atoms with van der Waals surface area (Å²) in [7, 11) is 0. The smallest absolute Gasteiger partial charge is 0.450 e. The lowest BCUT2D eigenvalue weighted by molar-refractivity contribution is 0.0639. The number of fused-ring (bicyclic) bond motifs is 1. The number of para-hydroxylation sites is 1. The van der Waals surface area contributed by atoms with Crippen molar-refractivity contribution >= 4 is 22.9 Å². The van der Waals surface area contributed by atoms with Crippen LogP contribution in [0.2, 0.25) is 0 Å². The van der Waals surface area contributed by atoms with Gasteiger partial charge < -0.3 is 19.2 Å². The summed E-state index contributed by atoms with van der Waals surface area (Å²) in [5.74, 6) is -0.638. The number of oxazole rings is 1. The molecule has 2 heterocycles. The standard InChI is InChI=1S/C26H25N3O5/c30-25-29(18-33-26(31)32)23-11-5-10-22(24(23)34-25)28-14-12-27(13-15-28)17-19-6-4-9-21(16-19)20-7-2-1-3-8-20/h1-11,16H,12-15,17-18H2,(H,31,32). The molecule has 8 nitrogen and oxygen atoms in total. The molecule has 4 aromatic rings. The van der Waals surface area contributed by atoms with Crippen LogP contribution in [0.3, 0.4) is 0 Å². The van der Waals surface area contributed by atoms with Crippen LogP contribution in [0.15, 0.2) is 82.0 Å². The van der Waals surface area contributed by atoms with Gasteiger partial charge in [-0.05, 0) is 34.9 Å². The molecule has 5 rings (SSSR count). The maximum absolute atomic E-state index is 12.3. The third-order valence-electron chi connectivity index (χ3n) is 6.14. The molecule has 0 spiro atoms. The monoisotopic (exact) mass is 459 g/mol. The maximum atomic E-state index is 12.3. The molecule has 0 radical (unpaired) electrons. The topological polar surface area (TPSA) is 88.1 Å². The minimum atomic E-state index is -1.44. The first-order chi connectivity index (χ1) is 16.6. The maximum Gasteiger partial charge on any atom is 0.507 e. The summed E-state index contributed by atoms with van der Waals surface area (Å²) in [6, 6.07) is 24.5. The molecule has 1 aromatic heterocycles. The molecule has 1 N–H and O–H groups in total. The zero-order valence-electron chi connectivity index (χ0n) is 18.6. The number of ether oxygens (including phenoxy) is 1. The van der Waals surface area contributed by atoms with Crippen LogP contribution < -0.4 is 10.7 Å². The first kappa shape index (κ1) is 21.8. The number of carbonyl (C=O) groups is 1. The summed E-state index contributed by atoms with van der Waals surface area (Å²) >= 11 is 0. The molecule has 0 amide bonds. The molecule has 0 unspecified atom stereocenters. The van der Waals surface area contributed by atoms with E-state index in [-0.39, 0.29) is 0 Å². The van der Waals surface area contributed by atoms with E-state index in [1.165, 1.54) is 21.3 Å². The number of aromatic nitrogens is 1. The Kier molecular flexibility index (Phi) is 6.05. The zero-order valence-corrected chi connectivity index (χ0v) is 18.6. The number of nitrogens with zero attached hydrogens (tertiary/aromatic N) is 3. The average molecular weight is 460 g/mol. The number of hydrogen-bond donors (Lipinski definition) is 1. The minimum absolute atomic E-state index is 0.402. The third-order valence-corrected chi connectivity index (χ3v) is 6.14. The molecule has 34 heavy (non-hydrogen) atoms. The Balaban J connectivity index is 1.27. The van der Waals surface area contributed by atoms with Crippen molar-refractivity contribution in [3.63, 3.8) is 0 Å². The molecule has 8 heteroatoms. The lowest BCUT2D eigenvalue weighted by Crippen LogP contribution is -2.46. The van der Waals surface area contributed by atoms with Crippen LogP contribution in [-0.2, 0) is 18.0 Å². The van der Waals surface area contributed by atoms with Gasteiger partial charge in [-0.2, -0.15) is 0 Å². The van der Waals surface area contributed by atoms with Crippen LogP contribution in [0.1, 0.15) is 5.56 Å². The number of rotatable bonds is 6. The molecular formula is C26H25N3O5. The van der Waals surface area contributed by atoms with Crippen molar-refractivity contribution in [3.8, 4) is 11.1 Å². The van der Waals surface area contributed by atoms with Crippen LogP contribution in [0.25, 0.3) is 22.2 Å². The van der Waals surface area contributed by atoms with E-state index in [1.807, 2.05) is 18.2 Å². The second-order valence-corrected chi connectivity index (χ2v) is 8.29. The average Bonchev–Trinajstić information content (AvgIpc) is 3.19. The molecule has 1 saturated heterocycles. The Labute approximate surface area is 196 Å². The summed E-state index contributed by atoms with van der Waals surface area (Å²) in [6.07, 6.45) is -1.44. The van der Waals surface area contributed by atoms with Crippen LogP contribution in [0.4, 0.5) is 10.5 Å². The number of hydrogen-bond acceptors (Lipinski definition) is 6. The normalized spacial score (nSPS) is 14.4. The Hall–Kier alpha value is -4.04. The molecular weight excluding hydrogens is 434 g/mol. The Morgan fingerprint density at radius 1 is 0.912 bits per heavy atom. The van der Waals surface area contributed by atoms with Crippen molar-refractivity contribution in [1.29, 1.82) is 0 Å². The SMILES string of the molecule is O=C(O)OCn1c(=O)oc2c(N3CCN(Cc4cccc(-c5ccccc5)c4)CC3)cccc21. The van der Waals surface area contributed by atoms with E-state index in [0.29, 0.717) is 11.1 Å². The van der Waals surface area contributed by atoms with Crippen molar-refractivity contribution < 1.29 is 19.1 Å². The molecule has 0 atom stereocenters. The molecule has 1 aliphatic heterocycles. The van der Waals surface area contributed by atoms with Gasteiger partial charge in [0.2, 0.25) is 0 Å². The summed E-state index contributed by atoms with van der Waals surface area (Å²) in [5, 5.41) is 8.76. The van der Waals surface area contributed by atoms with E-state index in [4.69, 9.17) is 9.52 Å². The van der Waals surface area contributed by atoms with E-state index in [2.05, 4.69) is 63.1 Å². The first-order valence-electron chi connectivity index (χ1n) is 11.2. The van der Waals surface area contributed by atoms with E-state index in [0.717, 1.165) is 38.4 Å². The van der Waals surface area contributed by atoms with Gasteiger partial charge in [0.1, 0.15) is 0 Å². The highest BCUT2D eigenvalue weighted by Gasteiger charge is 2.22. The van der Waals surface area contributed by atoms with Crippen molar-refractivity contribution in [3.05, 3.63) is 88.9 Å². The van der Waals surface area contributed by atoms with E-state index in [9.17, 15) is 9.59 Å². The zero-order chi connectivity index (χ0) is 23.5. The molecule has 0 saturated carbocycles. The van der Waals surface area contributed by atoms with Gasteiger partial charge in [0.15, 0.2) is 12.3 Å². The van der Waals surface area contributed by atoms with E-state index >= 15 is 0 Å². The molecule has 0 bridgehead atoms. The second-order valence-electron chi connectivity index (χ2n) is 8.29. The number of carboxylic acid groups (broad SMARTS) is 1. The third kappa shape index (κ3) is 4.53. The Morgan fingerprint density at radius 2 is 1.65 bits per heavy atom. The lowest BCUT2D eigenvalue weighted by atomic mass is 10.0. The summed E-state index contributed by atoms with van der Waals surface area (Å²) < 4.78 is 11.2. The van der Waals surface area contributed by atoms with E-state index < -0.39 is 18.6 Å². The summed E-state index contributed by atoms with van der Waals surface area (Å²) in [4.78, 5) is 27.6. The quantitative estimate of drug-likeness (QED) is 0.432. The summed E-state index contributed by atoms with van der Waals surface area (Å²) in [6.45, 7) is 3.80. The molecule has 3 aromatic carbocycles. The van der Waals surface area contributed by atoms with Gasteiger partial charge >= 0.3 is 11.9 Å². The van der Waals surface area contributed by atoms with Gasteiger partial charge in [-0.15, -0.1) is 0 Å². The van der Waals surface area contributed by atoms with Gasteiger partial charge in [-0.25, -0.2) is 14.2 Å². The predicted molar refractivity (Wildman–Crippen MR) is 129 cm³/mol. The fraction of sp³-hybridized carbons (Fsp3) is 0.231. The predicted octanol–water partition coefficient (Wildman–Crippen LogP) is 4.24. The van der Waals surface area contributed by atoms with Gasteiger partial charge in [0.05, 0.1) is 11.2 Å². The Morgan fingerprint density at radius 3 is 2.41 bits per heavy atom. The molecule has 0 aliphatic carbocycles. The number of anilines is 1. The van der Waals surface area contributed by atoms with Crippen LogP contribution in [-0.4, -0.2) is 46.9 Å². The Bertz CT molecular complexity index is 1350. The highest BCUT2D eigenvalue weighted by molar-refractivity contribution is 5.87. The van der Waals surface area contributed by atoms with Crippen molar-refractivity contribution in [2.75, 3.05) is 31.1 Å². The van der Waals surface area contributed by atoms with Crippen molar-refractivity contribution in [2.45, 2.75) is 13.3 Å². The van der Waals surface area contributed by atoms with Gasteiger partial charge in [-0.3, -0.25) is 4.90 Å². The van der Waals surface area contributed by atoms with Crippen molar-refractivity contribution in [1.82, 2.24) is 9.47 Å². The highest BCUT2D eigenvalue weighted by atomic mass is 16.7. The molecule has 174 valence electrons. The van der Waals surface area contributed by atoms with Gasteiger partial charge in [0.25, 0.3) is 0 Å². The number of piperazine rings is 1. The van der Waals surface area contributed by atoms with Gasteiger partial charge in [-0.1, -0.05) is 54.6 Å². The van der Waals surface area contributed by atoms with E-state index in [1.54, 1.807) is 6.07 Å². The van der Waals surface area contributed by atoms with Crippen LogP contribution in [0.5, 0.6) is 0 Å². The van der Waals surface area contributed by atoms with Crippen molar-refractivity contribution in [2.24, 2.45) is 0 Å². The van der Waals surface area contributed by atoms with Crippen LogP contribution in [0, 0.1) is 0 Å². The van der Waals surface area contributed by atoms with Crippen LogP contribution >= 0.6 is 0 Å². The van der Waals surface area contributed by atoms with Gasteiger partial charge in [0, 0.05) is 32.7 Å². The second kappa shape index (κ2) is 9.44. The first-order valence-corrected chi connectivity index (χ1v) is 11.2. The molecule has 1 aliphatic rings. The molecule has 1 fully saturated rings. The fourth-order valence-electron chi connectivity index (χ4n) is 4.45. The fourth-order valence-corrected chi connectivity index (χ4v) is 4.45. The largest absolute Gasteiger partial charge is 0.507 e. The minimum Gasteiger partial charge on any atom is -0.450 e. The summed E-state index contributed by atoms with van der Waals surface area (Å²) in [5.41, 5.74) is 5.50. The number of benzene rings is 3.